The maximum absolute atomic E-state index is 12.5. The lowest BCUT2D eigenvalue weighted by atomic mass is 9.94. The van der Waals surface area contributed by atoms with Crippen molar-refractivity contribution in [3.05, 3.63) is 40.8 Å². The van der Waals surface area contributed by atoms with E-state index in [0.29, 0.717) is 18.7 Å². The first kappa shape index (κ1) is 18.4. The fourth-order valence-electron chi connectivity index (χ4n) is 3.49. The molecular weight excluding hydrogens is 330 g/mol. The average molecular weight is 357 g/mol. The molecule has 140 valence electrons. The number of amides is 1. The number of aromatic nitrogens is 3. The van der Waals surface area contributed by atoms with Gasteiger partial charge in [-0.25, -0.2) is 4.98 Å². The standard InChI is InChI=1S/C19H27N5O2/c1-12-17(13(2)24(5)22-12)18-15(7-9-26-18)11-21-19(25)14-6-8-20-16(10-14)23(3)4/h6,8,10,15,18H,7,9,11H2,1-5H3,(H,21,25)/t15-,18+/m1/s1. The Morgan fingerprint density at radius 2 is 2.19 bits per heavy atom. The van der Waals surface area contributed by atoms with E-state index in [9.17, 15) is 4.79 Å². The van der Waals surface area contributed by atoms with Crippen molar-refractivity contribution >= 4 is 11.7 Å². The van der Waals surface area contributed by atoms with Gasteiger partial charge in [0.2, 0.25) is 0 Å². The van der Waals surface area contributed by atoms with Gasteiger partial charge in [0.15, 0.2) is 0 Å². The average Bonchev–Trinajstić information content (AvgIpc) is 3.16. The number of nitrogens with one attached hydrogen (secondary N) is 1. The van der Waals surface area contributed by atoms with Crippen molar-refractivity contribution in [1.82, 2.24) is 20.1 Å². The van der Waals surface area contributed by atoms with Crippen molar-refractivity contribution in [2.75, 3.05) is 32.1 Å². The van der Waals surface area contributed by atoms with E-state index in [1.54, 1.807) is 18.3 Å². The fourth-order valence-corrected chi connectivity index (χ4v) is 3.49. The predicted octanol–water partition coefficient (Wildman–Crippen LogP) is 2.01. The van der Waals surface area contributed by atoms with Crippen LogP contribution in [0.25, 0.3) is 0 Å². The maximum Gasteiger partial charge on any atom is 0.251 e. The van der Waals surface area contributed by atoms with Crippen molar-refractivity contribution in [3.63, 3.8) is 0 Å². The molecule has 1 N–H and O–H groups in total. The monoisotopic (exact) mass is 357 g/mol. The van der Waals surface area contributed by atoms with Gasteiger partial charge in [0.1, 0.15) is 5.82 Å². The predicted molar refractivity (Wildman–Crippen MR) is 100 cm³/mol. The second-order valence-corrected chi connectivity index (χ2v) is 7.06. The second-order valence-electron chi connectivity index (χ2n) is 7.06. The Balaban J connectivity index is 1.69. The summed E-state index contributed by atoms with van der Waals surface area (Å²) < 4.78 is 7.88. The molecule has 0 radical (unpaired) electrons. The van der Waals surface area contributed by atoms with Crippen LogP contribution in [0.2, 0.25) is 0 Å². The summed E-state index contributed by atoms with van der Waals surface area (Å²) in [5.41, 5.74) is 3.89. The molecule has 1 aliphatic rings. The van der Waals surface area contributed by atoms with Crippen LogP contribution in [-0.4, -0.2) is 47.9 Å². The summed E-state index contributed by atoms with van der Waals surface area (Å²) in [6, 6.07) is 3.54. The van der Waals surface area contributed by atoms with Gasteiger partial charge in [-0.2, -0.15) is 5.10 Å². The van der Waals surface area contributed by atoms with Crippen LogP contribution in [0.15, 0.2) is 18.3 Å². The molecule has 0 aromatic carbocycles. The summed E-state index contributed by atoms with van der Waals surface area (Å²) in [5.74, 6) is 0.929. The van der Waals surface area contributed by atoms with Gasteiger partial charge in [-0.15, -0.1) is 0 Å². The molecule has 0 aliphatic carbocycles. The number of pyridine rings is 1. The minimum atomic E-state index is -0.0826. The van der Waals surface area contributed by atoms with Crippen LogP contribution in [0.1, 0.15) is 39.8 Å². The highest BCUT2D eigenvalue weighted by Gasteiger charge is 2.33. The molecule has 0 unspecified atom stereocenters. The van der Waals surface area contributed by atoms with Crippen LogP contribution in [0.3, 0.4) is 0 Å². The molecule has 3 rings (SSSR count). The Kier molecular flexibility index (Phi) is 5.27. The third-order valence-corrected chi connectivity index (χ3v) is 5.05. The molecule has 1 fully saturated rings. The third kappa shape index (κ3) is 3.58. The SMILES string of the molecule is Cc1nn(C)c(C)c1[C@H]1OCC[C@@H]1CNC(=O)c1ccnc(N(C)C)c1. The Morgan fingerprint density at radius 3 is 2.85 bits per heavy atom. The molecule has 2 aromatic rings. The number of hydrogen-bond donors (Lipinski definition) is 1. The van der Waals surface area contributed by atoms with Crippen LogP contribution in [0.4, 0.5) is 5.82 Å². The molecule has 7 nitrogen and oxygen atoms in total. The lowest BCUT2D eigenvalue weighted by molar-refractivity contribution is 0.0840. The third-order valence-electron chi connectivity index (χ3n) is 5.05. The zero-order valence-corrected chi connectivity index (χ0v) is 16.1. The molecule has 26 heavy (non-hydrogen) atoms. The number of nitrogens with zero attached hydrogens (tertiary/aromatic N) is 4. The lowest BCUT2D eigenvalue weighted by Crippen LogP contribution is -2.31. The summed E-state index contributed by atoms with van der Waals surface area (Å²) in [5, 5.41) is 7.56. The summed E-state index contributed by atoms with van der Waals surface area (Å²) >= 11 is 0. The van der Waals surface area contributed by atoms with Crippen molar-refractivity contribution in [2.24, 2.45) is 13.0 Å². The summed E-state index contributed by atoms with van der Waals surface area (Å²) in [7, 11) is 5.76. The second kappa shape index (κ2) is 7.45. The molecule has 1 aliphatic heterocycles. The van der Waals surface area contributed by atoms with Crippen LogP contribution < -0.4 is 10.2 Å². The molecule has 7 heteroatoms. The molecule has 2 aromatic heterocycles. The normalized spacial score (nSPS) is 19.6. The summed E-state index contributed by atoms with van der Waals surface area (Å²) in [6.07, 6.45) is 2.57. The van der Waals surface area contributed by atoms with E-state index in [1.165, 1.54) is 0 Å². The van der Waals surface area contributed by atoms with E-state index in [1.807, 2.05) is 37.6 Å². The molecule has 1 amide bonds. The van der Waals surface area contributed by atoms with Gasteiger partial charge in [0.05, 0.1) is 11.8 Å². The van der Waals surface area contributed by atoms with E-state index < -0.39 is 0 Å². The van der Waals surface area contributed by atoms with Gasteiger partial charge in [-0.1, -0.05) is 0 Å². The minimum absolute atomic E-state index is 0.0150. The number of anilines is 1. The largest absolute Gasteiger partial charge is 0.373 e. The number of aryl methyl sites for hydroxylation is 2. The van der Waals surface area contributed by atoms with E-state index >= 15 is 0 Å². The number of hydrogen-bond acceptors (Lipinski definition) is 5. The lowest BCUT2D eigenvalue weighted by Gasteiger charge is -2.20. The zero-order chi connectivity index (χ0) is 18.8. The van der Waals surface area contributed by atoms with Gasteiger partial charge in [-0.05, 0) is 32.4 Å². The van der Waals surface area contributed by atoms with E-state index in [-0.39, 0.29) is 17.9 Å². The van der Waals surface area contributed by atoms with Gasteiger partial charge >= 0.3 is 0 Å². The Bertz CT molecular complexity index is 799. The van der Waals surface area contributed by atoms with Gasteiger partial charge < -0.3 is 15.0 Å². The first-order chi connectivity index (χ1) is 12.4. The van der Waals surface area contributed by atoms with Crippen molar-refractivity contribution in [1.29, 1.82) is 0 Å². The van der Waals surface area contributed by atoms with Crippen LogP contribution in [0.5, 0.6) is 0 Å². The van der Waals surface area contributed by atoms with Crippen LogP contribution in [-0.2, 0) is 11.8 Å². The van der Waals surface area contributed by atoms with Crippen molar-refractivity contribution in [3.8, 4) is 0 Å². The van der Waals surface area contributed by atoms with Crippen LogP contribution in [0, 0.1) is 19.8 Å². The number of ether oxygens (including phenoxy) is 1. The first-order valence-corrected chi connectivity index (χ1v) is 8.91. The smallest absolute Gasteiger partial charge is 0.251 e. The maximum atomic E-state index is 12.5. The van der Waals surface area contributed by atoms with Crippen LogP contribution >= 0.6 is 0 Å². The van der Waals surface area contributed by atoms with E-state index in [2.05, 4.69) is 22.3 Å². The molecule has 2 atom stereocenters. The fraction of sp³-hybridized carbons (Fsp3) is 0.526. The Labute approximate surface area is 154 Å². The van der Waals surface area contributed by atoms with Gasteiger partial charge in [0, 0.05) is 63.2 Å². The minimum Gasteiger partial charge on any atom is -0.373 e. The summed E-state index contributed by atoms with van der Waals surface area (Å²) in [4.78, 5) is 18.7. The highest BCUT2D eigenvalue weighted by atomic mass is 16.5. The number of carbonyl (C=O) groups is 1. The summed E-state index contributed by atoms with van der Waals surface area (Å²) in [6.45, 7) is 5.36. The highest BCUT2D eigenvalue weighted by Crippen LogP contribution is 2.37. The molecule has 3 heterocycles. The number of rotatable bonds is 5. The quantitative estimate of drug-likeness (QED) is 0.886. The Hall–Kier alpha value is -2.41. The Morgan fingerprint density at radius 1 is 1.42 bits per heavy atom. The highest BCUT2D eigenvalue weighted by molar-refractivity contribution is 5.94. The molecule has 1 saturated heterocycles. The molecule has 0 saturated carbocycles. The van der Waals surface area contributed by atoms with Gasteiger partial charge in [-0.3, -0.25) is 9.48 Å². The van der Waals surface area contributed by atoms with Crippen molar-refractivity contribution in [2.45, 2.75) is 26.4 Å². The van der Waals surface area contributed by atoms with Gasteiger partial charge in [0.25, 0.3) is 5.91 Å². The molecule has 0 bridgehead atoms. The topological polar surface area (TPSA) is 72.3 Å². The molecular formula is C19H27N5O2. The first-order valence-electron chi connectivity index (χ1n) is 8.91. The molecule has 0 spiro atoms. The van der Waals surface area contributed by atoms with E-state index in [0.717, 1.165) is 29.2 Å². The number of carbonyl (C=O) groups excluding carboxylic acids is 1. The zero-order valence-electron chi connectivity index (χ0n) is 16.1. The van der Waals surface area contributed by atoms with Crippen molar-refractivity contribution < 1.29 is 9.53 Å². The van der Waals surface area contributed by atoms with E-state index in [4.69, 9.17) is 4.74 Å².